The first-order chi connectivity index (χ1) is 8.72. The smallest absolute Gasteiger partial charge is 0.255 e. The molecule has 1 saturated carbocycles. The van der Waals surface area contributed by atoms with Crippen LogP contribution in [-0.4, -0.2) is 23.5 Å². The highest BCUT2D eigenvalue weighted by Gasteiger charge is 2.29. The Kier molecular flexibility index (Phi) is 4.18. The van der Waals surface area contributed by atoms with Gasteiger partial charge in [-0.2, -0.15) is 0 Å². The van der Waals surface area contributed by atoms with Crippen molar-refractivity contribution >= 4 is 11.6 Å². The van der Waals surface area contributed by atoms with Gasteiger partial charge in [-0.3, -0.25) is 9.78 Å². The molecule has 1 atom stereocenters. The molecule has 4 heteroatoms. The van der Waals surface area contributed by atoms with Gasteiger partial charge in [-0.05, 0) is 38.2 Å². The minimum Gasteiger partial charge on any atom is -0.384 e. The number of rotatable bonds is 6. The van der Waals surface area contributed by atoms with E-state index in [2.05, 4.69) is 29.5 Å². The average molecular weight is 247 g/mol. The zero-order valence-corrected chi connectivity index (χ0v) is 11.1. The van der Waals surface area contributed by atoms with E-state index in [1.165, 1.54) is 12.8 Å². The number of pyridine rings is 1. The van der Waals surface area contributed by atoms with Crippen molar-refractivity contribution in [1.82, 2.24) is 10.3 Å². The summed E-state index contributed by atoms with van der Waals surface area (Å²) in [5.74, 6) is 0.638. The number of hydrogen-bond donors (Lipinski definition) is 2. The molecule has 1 aromatic rings. The molecule has 1 aromatic heterocycles. The maximum Gasteiger partial charge on any atom is 0.255 e. The van der Waals surface area contributed by atoms with E-state index in [1.54, 1.807) is 12.4 Å². The second-order valence-corrected chi connectivity index (χ2v) is 4.95. The van der Waals surface area contributed by atoms with Crippen molar-refractivity contribution in [1.29, 1.82) is 0 Å². The second kappa shape index (κ2) is 5.85. The average Bonchev–Trinajstić information content (AvgIpc) is 3.20. The first kappa shape index (κ1) is 12.9. The first-order valence-corrected chi connectivity index (χ1v) is 6.71. The van der Waals surface area contributed by atoms with Crippen LogP contribution in [0.1, 0.15) is 43.5 Å². The van der Waals surface area contributed by atoms with Crippen molar-refractivity contribution in [3.63, 3.8) is 0 Å². The molecule has 1 heterocycles. The molecule has 2 N–H and O–H groups in total. The van der Waals surface area contributed by atoms with Crippen LogP contribution in [0, 0.1) is 5.92 Å². The maximum absolute atomic E-state index is 12.2. The number of nitrogens with one attached hydrogen (secondary N) is 2. The van der Waals surface area contributed by atoms with E-state index in [0.717, 1.165) is 18.7 Å². The maximum atomic E-state index is 12.2. The lowest BCUT2D eigenvalue weighted by molar-refractivity contribution is 0.0936. The van der Waals surface area contributed by atoms with Crippen LogP contribution in [0.2, 0.25) is 0 Å². The number of nitrogens with zero attached hydrogens (tertiary/aromatic N) is 1. The lowest BCUT2D eigenvalue weighted by Crippen LogP contribution is -2.34. The van der Waals surface area contributed by atoms with Gasteiger partial charge >= 0.3 is 0 Å². The molecule has 1 fully saturated rings. The van der Waals surface area contributed by atoms with Gasteiger partial charge in [0.2, 0.25) is 0 Å². The van der Waals surface area contributed by atoms with E-state index in [1.807, 2.05) is 6.07 Å². The van der Waals surface area contributed by atoms with Crippen molar-refractivity contribution in [3.05, 3.63) is 24.0 Å². The van der Waals surface area contributed by atoms with Crippen molar-refractivity contribution in [3.8, 4) is 0 Å². The summed E-state index contributed by atoms with van der Waals surface area (Å²) < 4.78 is 0. The molecular formula is C14H21N3O. The van der Waals surface area contributed by atoms with Crippen molar-refractivity contribution in [2.75, 3.05) is 11.9 Å². The molecule has 0 spiro atoms. The van der Waals surface area contributed by atoms with Crippen molar-refractivity contribution in [2.45, 2.75) is 39.2 Å². The number of carbonyl (C=O) groups is 1. The van der Waals surface area contributed by atoms with Crippen LogP contribution in [0.15, 0.2) is 18.5 Å². The summed E-state index contributed by atoms with van der Waals surface area (Å²) in [6, 6.07) is 2.11. The molecule has 0 aliphatic heterocycles. The number of amides is 1. The van der Waals surface area contributed by atoms with Gasteiger partial charge in [-0.15, -0.1) is 0 Å². The van der Waals surface area contributed by atoms with Gasteiger partial charge in [-0.1, -0.05) is 6.92 Å². The van der Waals surface area contributed by atoms with Crippen LogP contribution in [0.5, 0.6) is 0 Å². The topological polar surface area (TPSA) is 54.0 Å². The Morgan fingerprint density at radius 2 is 2.33 bits per heavy atom. The molecular weight excluding hydrogens is 226 g/mol. The Balaban J connectivity index is 2.03. The number of aromatic nitrogens is 1. The normalized spacial score (nSPS) is 16.1. The summed E-state index contributed by atoms with van der Waals surface area (Å²) in [5.41, 5.74) is 1.51. The van der Waals surface area contributed by atoms with Gasteiger partial charge in [0.25, 0.3) is 5.91 Å². The summed E-state index contributed by atoms with van der Waals surface area (Å²) in [6.07, 6.45) is 6.83. The third kappa shape index (κ3) is 3.22. The van der Waals surface area contributed by atoms with E-state index in [4.69, 9.17) is 0 Å². The summed E-state index contributed by atoms with van der Waals surface area (Å²) in [5, 5.41) is 6.32. The number of carbonyl (C=O) groups excluding carboxylic acids is 1. The van der Waals surface area contributed by atoms with E-state index in [0.29, 0.717) is 11.5 Å². The largest absolute Gasteiger partial charge is 0.384 e. The molecule has 0 aromatic carbocycles. The van der Waals surface area contributed by atoms with Gasteiger partial charge in [0.05, 0.1) is 11.3 Å². The molecule has 18 heavy (non-hydrogen) atoms. The third-order valence-electron chi connectivity index (χ3n) is 3.32. The number of anilines is 1. The van der Waals surface area contributed by atoms with E-state index < -0.39 is 0 Å². The summed E-state index contributed by atoms with van der Waals surface area (Å²) in [7, 11) is 0. The molecule has 1 aliphatic carbocycles. The van der Waals surface area contributed by atoms with E-state index >= 15 is 0 Å². The molecule has 98 valence electrons. The second-order valence-electron chi connectivity index (χ2n) is 4.95. The minimum atomic E-state index is -0.0268. The van der Waals surface area contributed by atoms with Gasteiger partial charge in [0, 0.05) is 25.0 Å². The summed E-state index contributed by atoms with van der Waals surface area (Å²) in [6.45, 7) is 5.04. The Morgan fingerprint density at radius 1 is 1.56 bits per heavy atom. The number of hydrogen-bond acceptors (Lipinski definition) is 3. The molecule has 1 amide bonds. The van der Waals surface area contributed by atoms with Crippen LogP contribution < -0.4 is 10.6 Å². The quantitative estimate of drug-likeness (QED) is 0.811. The molecule has 0 radical (unpaired) electrons. The Hall–Kier alpha value is -1.58. The van der Waals surface area contributed by atoms with Crippen LogP contribution in [0.25, 0.3) is 0 Å². The minimum absolute atomic E-state index is 0.0268. The first-order valence-electron chi connectivity index (χ1n) is 6.71. The van der Waals surface area contributed by atoms with E-state index in [-0.39, 0.29) is 11.9 Å². The van der Waals surface area contributed by atoms with Gasteiger partial charge in [-0.25, -0.2) is 0 Å². The van der Waals surface area contributed by atoms with Crippen LogP contribution in [-0.2, 0) is 0 Å². The van der Waals surface area contributed by atoms with E-state index in [9.17, 15) is 4.79 Å². The lowest BCUT2D eigenvalue weighted by Gasteiger charge is -2.15. The Morgan fingerprint density at radius 3 is 3.00 bits per heavy atom. The fraction of sp³-hybridized carbons (Fsp3) is 0.571. The molecule has 0 bridgehead atoms. The fourth-order valence-corrected chi connectivity index (χ4v) is 1.99. The standard InChI is InChI=1S/C14H21N3O/c1-3-7-16-13-6-8-15-9-12(13)14(18)17-10(2)11-4-5-11/h6,8-11H,3-5,7H2,1-2H3,(H,15,16)(H,17,18). The monoisotopic (exact) mass is 247 g/mol. The Bertz CT molecular complexity index is 415. The molecule has 0 saturated heterocycles. The van der Waals surface area contributed by atoms with Crippen LogP contribution in [0.4, 0.5) is 5.69 Å². The predicted molar refractivity (Wildman–Crippen MR) is 72.7 cm³/mol. The van der Waals surface area contributed by atoms with Gasteiger partial charge in [0.1, 0.15) is 0 Å². The highest BCUT2D eigenvalue weighted by molar-refractivity contribution is 5.99. The van der Waals surface area contributed by atoms with Crippen molar-refractivity contribution < 1.29 is 4.79 Å². The SMILES string of the molecule is CCCNc1ccncc1C(=O)NC(C)C1CC1. The zero-order valence-electron chi connectivity index (χ0n) is 11.1. The lowest BCUT2D eigenvalue weighted by atomic mass is 10.1. The zero-order chi connectivity index (χ0) is 13.0. The molecule has 4 nitrogen and oxygen atoms in total. The molecule has 1 aliphatic rings. The summed E-state index contributed by atoms with van der Waals surface area (Å²) in [4.78, 5) is 16.2. The predicted octanol–water partition coefficient (Wildman–Crippen LogP) is 2.43. The van der Waals surface area contributed by atoms with Crippen LogP contribution in [0.3, 0.4) is 0 Å². The highest BCUT2D eigenvalue weighted by Crippen LogP contribution is 2.32. The third-order valence-corrected chi connectivity index (χ3v) is 3.32. The van der Waals surface area contributed by atoms with Gasteiger partial charge < -0.3 is 10.6 Å². The fourth-order valence-electron chi connectivity index (χ4n) is 1.99. The summed E-state index contributed by atoms with van der Waals surface area (Å²) >= 11 is 0. The van der Waals surface area contributed by atoms with Crippen LogP contribution >= 0.6 is 0 Å². The Labute approximate surface area is 108 Å². The van der Waals surface area contributed by atoms with Crippen molar-refractivity contribution in [2.24, 2.45) is 5.92 Å². The molecule has 1 unspecified atom stereocenters. The highest BCUT2D eigenvalue weighted by atomic mass is 16.1. The molecule has 2 rings (SSSR count). The van der Waals surface area contributed by atoms with Gasteiger partial charge in [0.15, 0.2) is 0 Å².